The van der Waals surface area contributed by atoms with Gasteiger partial charge in [-0.2, -0.15) is 13.2 Å². The van der Waals surface area contributed by atoms with E-state index in [4.69, 9.17) is 0 Å². The number of hydrogen-bond donors (Lipinski definition) is 2. The molecule has 2 amide bonds. The third-order valence-electron chi connectivity index (χ3n) is 5.42. The molecular weight excluding hydrogens is 449 g/mol. The number of alkyl halides is 3. The van der Waals surface area contributed by atoms with Gasteiger partial charge < -0.3 is 15.2 Å². The minimum absolute atomic E-state index is 0.137. The summed E-state index contributed by atoms with van der Waals surface area (Å²) < 4.78 is 38.2. The highest BCUT2D eigenvalue weighted by Gasteiger charge is 2.37. The molecule has 3 heterocycles. The molecule has 0 atom stereocenters. The summed E-state index contributed by atoms with van der Waals surface area (Å²) in [6, 6.07) is 12.8. The number of H-pyrrole nitrogens is 1. The fourth-order valence-electron chi connectivity index (χ4n) is 4.07. The predicted octanol–water partition coefficient (Wildman–Crippen LogP) is 4.10. The van der Waals surface area contributed by atoms with Crippen LogP contribution in [-0.2, 0) is 22.6 Å². The molecule has 3 aromatic rings. The summed E-state index contributed by atoms with van der Waals surface area (Å²) >= 11 is 0. The van der Waals surface area contributed by atoms with E-state index in [0.29, 0.717) is 40.3 Å². The Balaban J connectivity index is 1.77. The number of Topliss-reactive ketones (excluding diaryl/α,β-unsaturated/α-hetero) is 1. The minimum atomic E-state index is -4.66. The maximum absolute atomic E-state index is 13.1. The van der Waals surface area contributed by atoms with Gasteiger partial charge >= 0.3 is 6.18 Å². The molecule has 0 unspecified atom stereocenters. The monoisotopic (exact) mass is 470 g/mol. The van der Waals surface area contributed by atoms with Gasteiger partial charge in [0.15, 0.2) is 5.78 Å². The number of halogens is 3. The summed E-state index contributed by atoms with van der Waals surface area (Å²) in [6.07, 6.45) is -4.38. The molecule has 0 spiro atoms. The molecule has 0 saturated carbocycles. The zero-order valence-electron chi connectivity index (χ0n) is 18.2. The van der Waals surface area contributed by atoms with Crippen molar-refractivity contribution >= 4 is 23.4 Å². The van der Waals surface area contributed by atoms with Crippen molar-refractivity contribution in [3.8, 4) is 11.3 Å². The number of benzene rings is 1. The topological polar surface area (TPSA) is 95.2 Å². The van der Waals surface area contributed by atoms with E-state index < -0.39 is 30.8 Å². The van der Waals surface area contributed by atoms with Crippen LogP contribution in [0.3, 0.4) is 0 Å². The van der Waals surface area contributed by atoms with Crippen LogP contribution in [-0.4, -0.2) is 45.2 Å². The third-order valence-corrected chi connectivity index (χ3v) is 5.42. The molecular formula is C24H21F3N4O3. The molecule has 2 aromatic heterocycles. The molecule has 1 aliphatic rings. The van der Waals surface area contributed by atoms with Crippen molar-refractivity contribution in [1.82, 2.24) is 14.9 Å². The average molecular weight is 470 g/mol. The van der Waals surface area contributed by atoms with Crippen LogP contribution in [0.25, 0.3) is 11.3 Å². The van der Waals surface area contributed by atoms with E-state index >= 15 is 0 Å². The number of rotatable bonds is 5. The van der Waals surface area contributed by atoms with E-state index in [9.17, 15) is 27.6 Å². The second-order valence-corrected chi connectivity index (χ2v) is 8.07. The van der Waals surface area contributed by atoms with E-state index in [1.807, 2.05) is 30.3 Å². The van der Waals surface area contributed by atoms with Crippen molar-refractivity contribution in [3.63, 3.8) is 0 Å². The van der Waals surface area contributed by atoms with Gasteiger partial charge in [0.1, 0.15) is 12.2 Å². The van der Waals surface area contributed by atoms with Crippen LogP contribution in [0.15, 0.2) is 48.7 Å². The average Bonchev–Trinajstić information content (AvgIpc) is 3.12. The van der Waals surface area contributed by atoms with Gasteiger partial charge in [-0.05, 0) is 23.3 Å². The number of fused-ring (bicyclic) bond motifs is 1. The number of ketones is 1. The number of aromatic amines is 1. The van der Waals surface area contributed by atoms with Crippen LogP contribution in [0.1, 0.15) is 40.5 Å². The molecule has 1 aliphatic heterocycles. The largest absolute Gasteiger partial charge is 0.397 e. The van der Waals surface area contributed by atoms with Gasteiger partial charge in [-0.3, -0.25) is 14.4 Å². The first-order chi connectivity index (χ1) is 16.1. The fraction of sp³-hybridized carbons (Fsp3) is 0.250. The van der Waals surface area contributed by atoms with E-state index in [2.05, 4.69) is 15.3 Å². The number of aromatic nitrogens is 2. The van der Waals surface area contributed by atoms with Gasteiger partial charge in [-0.25, -0.2) is 4.98 Å². The number of nitrogens with zero attached hydrogens (tertiary/aromatic N) is 2. The first-order valence-electron chi connectivity index (χ1n) is 10.5. The van der Waals surface area contributed by atoms with Crippen molar-refractivity contribution in [3.05, 3.63) is 71.0 Å². The van der Waals surface area contributed by atoms with E-state index in [1.54, 1.807) is 12.1 Å². The fourth-order valence-corrected chi connectivity index (χ4v) is 4.07. The van der Waals surface area contributed by atoms with Crippen LogP contribution in [0.2, 0.25) is 0 Å². The molecule has 0 fully saturated rings. The van der Waals surface area contributed by atoms with Crippen LogP contribution in [0, 0.1) is 0 Å². The Labute approximate surface area is 193 Å². The molecule has 0 saturated heterocycles. The standard InChI is InChI=1S/C24H21F3N4O3/c1-14(32)29-20-10-16(7-8-28-20)23-17(9-15-5-3-2-4-6-15)22-18(30-23)12-31(13-19(22)33)21(34)11-24(25,26)27/h2-8,10,30H,9,11-13H2,1H3,(H,28,29,32). The van der Waals surface area contributed by atoms with Crippen LogP contribution < -0.4 is 5.32 Å². The Morgan fingerprint density at radius 1 is 1.15 bits per heavy atom. The lowest BCUT2D eigenvalue weighted by atomic mass is 9.93. The Bertz CT molecular complexity index is 1250. The zero-order valence-corrected chi connectivity index (χ0v) is 18.2. The first kappa shape index (κ1) is 23.2. The molecule has 0 radical (unpaired) electrons. The second-order valence-electron chi connectivity index (χ2n) is 8.07. The van der Waals surface area contributed by atoms with Crippen molar-refractivity contribution in [2.24, 2.45) is 0 Å². The van der Waals surface area contributed by atoms with Gasteiger partial charge in [0.05, 0.1) is 18.8 Å². The lowest BCUT2D eigenvalue weighted by Gasteiger charge is -2.27. The lowest BCUT2D eigenvalue weighted by molar-refractivity contribution is -0.161. The number of anilines is 1. The van der Waals surface area contributed by atoms with E-state index in [0.717, 1.165) is 10.5 Å². The quantitative estimate of drug-likeness (QED) is 0.587. The summed E-state index contributed by atoms with van der Waals surface area (Å²) in [7, 11) is 0. The van der Waals surface area contributed by atoms with Crippen LogP contribution >= 0.6 is 0 Å². The van der Waals surface area contributed by atoms with E-state index in [1.165, 1.54) is 13.1 Å². The normalized spacial score (nSPS) is 13.5. The van der Waals surface area contributed by atoms with Gasteiger partial charge in [0, 0.05) is 36.4 Å². The molecule has 4 rings (SSSR count). The Morgan fingerprint density at radius 3 is 2.56 bits per heavy atom. The molecule has 7 nitrogen and oxygen atoms in total. The van der Waals surface area contributed by atoms with Gasteiger partial charge in [0.25, 0.3) is 0 Å². The van der Waals surface area contributed by atoms with Crippen molar-refractivity contribution in [2.75, 3.05) is 11.9 Å². The highest BCUT2D eigenvalue weighted by Crippen LogP contribution is 2.35. The second kappa shape index (κ2) is 9.12. The van der Waals surface area contributed by atoms with Crippen LogP contribution in [0.5, 0.6) is 0 Å². The van der Waals surface area contributed by atoms with Gasteiger partial charge in [0.2, 0.25) is 11.8 Å². The molecule has 34 heavy (non-hydrogen) atoms. The van der Waals surface area contributed by atoms with Crippen molar-refractivity contribution in [1.29, 1.82) is 0 Å². The van der Waals surface area contributed by atoms with E-state index in [-0.39, 0.29) is 12.5 Å². The van der Waals surface area contributed by atoms with Crippen molar-refractivity contribution < 1.29 is 27.6 Å². The SMILES string of the molecule is CC(=O)Nc1cc(-c2[nH]c3c(c2Cc2ccccc2)C(=O)CN(C(=O)CC(F)(F)F)C3)ccn1. The summed E-state index contributed by atoms with van der Waals surface area (Å²) in [5.74, 6) is -1.56. The smallest absolute Gasteiger partial charge is 0.356 e. The summed E-state index contributed by atoms with van der Waals surface area (Å²) in [6.45, 7) is 0.795. The number of amides is 2. The third kappa shape index (κ3) is 5.16. The summed E-state index contributed by atoms with van der Waals surface area (Å²) in [5, 5.41) is 2.61. The predicted molar refractivity (Wildman–Crippen MR) is 118 cm³/mol. The molecule has 10 heteroatoms. The molecule has 1 aromatic carbocycles. The number of hydrogen-bond acceptors (Lipinski definition) is 4. The molecule has 176 valence electrons. The highest BCUT2D eigenvalue weighted by molar-refractivity contribution is 6.04. The highest BCUT2D eigenvalue weighted by atomic mass is 19.4. The number of pyridine rings is 1. The van der Waals surface area contributed by atoms with Gasteiger partial charge in [-0.15, -0.1) is 0 Å². The Kier molecular flexibility index (Phi) is 6.23. The summed E-state index contributed by atoms with van der Waals surface area (Å²) in [4.78, 5) is 44.9. The minimum Gasteiger partial charge on any atom is -0.356 e. The summed E-state index contributed by atoms with van der Waals surface area (Å²) in [5.41, 5.74) is 3.60. The number of nitrogens with one attached hydrogen (secondary N) is 2. The molecule has 0 bridgehead atoms. The maximum atomic E-state index is 13.1. The number of carbonyl (C=O) groups is 3. The van der Waals surface area contributed by atoms with Gasteiger partial charge in [-0.1, -0.05) is 30.3 Å². The molecule has 2 N–H and O–H groups in total. The lowest BCUT2D eigenvalue weighted by Crippen LogP contribution is -2.41. The maximum Gasteiger partial charge on any atom is 0.397 e. The van der Waals surface area contributed by atoms with Crippen molar-refractivity contribution in [2.45, 2.75) is 32.5 Å². The first-order valence-corrected chi connectivity index (χ1v) is 10.5. The Hall–Kier alpha value is -3.95. The Morgan fingerprint density at radius 2 is 1.88 bits per heavy atom. The number of carbonyl (C=O) groups excluding carboxylic acids is 3. The zero-order chi connectivity index (χ0) is 24.5. The molecule has 0 aliphatic carbocycles. The van der Waals surface area contributed by atoms with Crippen LogP contribution in [0.4, 0.5) is 19.0 Å².